The predicted octanol–water partition coefficient (Wildman–Crippen LogP) is 1.18. The van der Waals surface area contributed by atoms with Gasteiger partial charge in [0.05, 0.1) is 24.6 Å². The highest BCUT2D eigenvalue weighted by molar-refractivity contribution is 6.32. The maximum Gasteiger partial charge on any atom is 0.332 e. The number of ether oxygens (including phenoxy) is 2. The van der Waals surface area contributed by atoms with E-state index in [2.05, 4.69) is 4.98 Å². The minimum atomic E-state index is -0.402. The Hall–Kier alpha value is -2.58. The molecule has 0 amide bonds. The summed E-state index contributed by atoms with van der Waals surface area (Å²) >= 11 is 6.01. The van der Waals surface area contributed by atoms with Gasteiger partial charge < -0.3 is 14.0 Å². The Bertz CT molecular complexity index is 1040. The summed E-state index contributed by atoms with van der Waals surface area (Å²) in [7, 11) is 3.04. The number of hydrogen-bond acceptors (Lipinski definition) is 5. The molecule has 2 aromatic heterocycles. The molecule has 1 aromatic carbocycles. The SMILES string of the molecule is Cn1c(=O)c2c(ncn2CCOCCOc2ccccc2Cl)n(C)c1=O. The van der Waals surface area contributed by atoms with Gasteiger partial charge in [0.1, 0.15) is 12.4 Å². The summed E-state index contributed by atoms with van der Waals surface area (Å²) in [5.74, 6) is 0.614. The molecular formula is C17H19ClN4O4. The van der Waals surface area contributed by atoms with Crippen molar-refractivity contribution in [2.75, 3.05) is 19.8 Å². The summed E-state index contributed by atoms with van der Waals surface area (Å²) in [6, 6.07) is 7.23. The summed E-state index contributed by atoms with van der Waals surface area (Å²) < 4.78 is 15.2. The molecule has 0 atom stereocenters. The normalized spacial score (nSPS) is 11.2. The Balaban J connectivity index is 1.57. The molecule has 0 aliphatic heterocycles. The molecule has 0 bridgehead atoms. The summed E-state index contributed by atoms with van der Waals surface area (Å²) in [6.07, 6.45) is 1.54. The molecular weight excluding hydrogens is 360 g/mol. The summed E-state index contributed by atoms with van der Waals surface area (Å²) in [4.78, 5) is 28.4. The van der Waals surface area contributed by atoms with E-state index >= 15 is 0 Å². The van der Waals surface area contributed by atoms with E-state index < -0.39 is 5.69 Å². The Labute approximate surface area is 154 Å². The van der Waals surface area contributed by atoms with Crippen LogP contribution >= 0.6 is 11.6 Å². The number of benzene rings is 1. The highest BCUT2D eigenvalue weighted by atomic mass is 35.5. The largest absolute Gasteiger partial charge is 0.490 e. The maximum atomic E-state index is 12.3. The van der Waals surface area contributed by atoms with Gasteiger partial charge in [-0.15, -0.1) is 0 Å². The molecule has 3 rings (SSSR count). The first-order valence-corrected chi connectivity index (χ1v) is 8.44. The molecule has 0 aliphatic rings. The van der Waals surface area contributed by atoms with E-state index in [-0.39, 0.29) is 5.56 Å². The molecule has 0 fully saturated rings. The number of nitrogens with zero attached hydrogens (tertiary/aromatic N) is 4. The molecule has 2 heterocycles. The van der Waals surface area contributed by atoms with Gasteiger partial charge in [-0.2, -0.15) is 0 Å². The van der Waals surface area contributed by atoms with Gasteiger partial charge in [0, 0.05) is 20.6 Å². The predicted molar refractivity (Wildman–Crippen MR) is 98.0 cm³/mol. The highest BCUT2D eigenvalue weighted by Gasteiger charge is 2.13. The topological polar surface area (TPSA) is 80.3 Å². The average Bonchev–Trinajstić information content (AvgIpc) is 3.06. The third-order valence-electron chi connectivity index (χ3n) is 4.02. The average molecular weight is 379 g/mol. The number of aromatic nitrogens is 4. The van der Waals surface area contributed by atoms with E-state index in [1.54, 1.807) is 23.7 Å². The molecule has 0 aliphatic carbocycles. The first-order chi connectivity index (χ1) is 12.5. The first-order valence-electron chi connectivity index (χ1n) is 8.06. The van der Waals surface area contributed by atoms with Crippen LogP contribution in [0.4, 0.5) is 0 Å². The van der Waals surface area contributed by atoms with Crippen LogP contribution in [0.3, 0.4) is 0 Å². The number of hydrogen-bond donors (Lipinski definition) is 0. The molecule has 0 unspecified atom stereocenters. The minimum absolute atomic E-state index is 0.361. The zero-order valence-corrected chi connectivity index (χ0v) is 15.3. The Kier molecular flexibility index (Phi) is 5.43. The number of aryl methyl sites for hydroxylation is 1. The molecule has 3 aromatic rings. The Morgan fingerprint density at radius 1 is 1.08 bits per heavy atom. The monoisotopic (exact) mass is 378 g/mol. The van der Waals surface area contributed by atoms with Crippen LogP contribution in [0.5, 0.6) is 5.75 Å². The fourth-order valence-electron chi connectivity index (χ4n) is 2.60. The summed E-state index contributed by atoms with van der Waals surface area (Å²) in [5.41, 5.74) is -0.0333. The molecule has 26 heavy (non-hydrogen) atoms. The standard InChI is InChI=1S/C17H19ClN4O4/c1-20-15-14(16(23)21(2)17(20)24)22(11-19-15)7-8-25-9-10-26-13-6-4-3-5-12(13)18/h3-6,11H,7-10H2,1-2H3. The van der Waals surface area contributed by atoms with Crippen molar-refractivity contribution in [2.24, 2.45) is 14.1 Å². The van der Waals surface area contributed by atoms with E-state index in [0.29, 0.717) is 48.3 Å². The maximum absolute atomic E-state index is 12.3. The van der Waals surface area contributed by atoms with Gasteiger partial charge in [-0.3, -0.25) is 13.9 Å². The van der Waals surface area contributed by atoms with Gasteiger partial charge in [0.25, 0.3) is 5.56 Å². The zero-order chi connectivity index (χ0) is 18.7. The number of imidazole rings is 1. The van der Waals surface area contributed by atoms with E-state index in [1.807, 2.05) is 12.1 Å². The first kappa shape index (κ1) is 18.2. The Morgan fingerprint density at radius 3 is 2.62 bits per heavy atom. The van der Waals surface area contributed by atoms with Crippen molar-refractivity contribution in [2.45, 2.75) is 6.54 Å². The van der Waals surface area contributed by atoms with Gasteiger partial charge in [-0.1, -0.05) is 23.7 Å². The molecule has 138 valence electrons. The lowest BCUT2D eigenvalue weighted by Crippen LogP contribution is -2.37. The lowest BCUT2D eigenvalue weighted by Gasteiger charge is -2.09. The van der Waals surface area contributed by atoms with Crippen molar-refractivity contribution in [3.05, 3.63) is 56.5 Å². The van der Waals surface area contributed by atoms with E-state index in [9.17, 15) is 9.59 Å². The van der Waals surface area contributed by atoms with Crippen molar-refractivity contribution >= 4 is 22.8 Å². The Morgan fingerprint density at radius 2 is 1.85 bits per heavy atom. The van der Waals surface area contributed by atoms with Crippen LogP contribution in [0, 0.1) is 0 Å². The second kappa shape index (κ2) is 7.76. The van der Waals surface area contributed by atoms with E-state index in [1.165, 1.54) is 17.9 Å². The van der Waals surface area contributed by atoms with Crippen molar-refractivity contribution in [3.8, 4) is 5.75 Å². The van der Waals surface area contributed by atoms with Gasteiger partial charge >= 0.3 is 5.69 Å². The molecule has 8 nitrogen and oxygen atoms in total. The third-order valence-corrected chi connectivity index (χ3v) is 4.33. The lowest BCUT2D eigenvalue weighted by atomic mass is 10.3. The fraction of sp³-hybridized carbons (Fsp3) is 0.353. The smallest absolute Gasteiger partial charge is 0.332 e. The van der Waals surface area contributed by atoms with Crippen LogP contribution in [-0.2, 0) is 25.4 Å². The molecule has 0 N–H and O–H groups in total. The van der Waals surface area contributed by atoms with Crippen LogP contribution in [0.25, 0.3) is 11.2 Å². The van der Waals surface area contributed by atoms with Crippen LogP contribution in [0.15, 0.2) is 40.2 Å². The fourth-order valence-corrected chi connectivity index (χ4v) is 2.79. The van der Waals surface area contributed by atoms with Crippen LogP contribution < -0.4 is 16.0 Å². The van der Waals surface area contributed by atoms with Crippen LogP contribution in [0.2, 0.25) is 5.02 Å². The second-order valence-electron chi connectivity index (χ2n) is 5.71. The van der Waals surface area contributed by atoms with Crippen LogP contribution in [-0.4, -0.2) is 38.5 Å². The third kappa shape index (κ3) is 3.51. The van der Waals surface area contributed by atoms with Crippen molar-refractivity contribution in [1.82, 2.24) is 18.7 Å². The summed E-state index contributed by atoms with van der Waals surface area (Å²) in [6.45, 7) is 1.57. The molecule has 0 saturated carbocycles. The minimum Gasteiger partial charge on any atom is -0.490 e. The second-order valence-corrected chi connectivity index (χ2v) is 6.11. The van der Waals surface area contributed by atoms with E-state index in [4.69, 9.17) is 21.1 Å². The molecule has 0 radical (unpaired) electrons. The number of para-hydroxylation sites is 1. The van der Waals surface area contributed by atoms with Gasteiger partial charge in [-0.05, 0) is 12.1 Å². The number of fused-ring (bicyclic) bond motifs is 1. The highest BCUT2D eigenvalue weighted by Crippen LogP contribution is 2.22. The van der Waals surface area contributed by atoms with Crippen molar-refractivity contribution < 1.29 is 9.47 Å². The van der Waals surface area contributed by atoms with Gasteiger partial charge in [0.15, 0.2) is 11.2 Å². The molecule has 9 heteroatoms. The van der Waals surface area contributed by atoms with Gasteiger partial charge in [-0.25, -0.2) is 9.78 Å². The van der Waals surface area contributed by atoms with Crippen molar-refractivity contribution in [1.29, 1.82) is 0 Å². The van der Waals surface area contributed by atoms with Crippen LogP contribution in [0.1, 0.15) is 0 Å². The van der Waals surface area contributed by atoms with Gasteiger partial charge in [0.2, 0.25) is 0 Å². The number of rotatable bonds is 7. The quantitative estimate of drug-likeness (QED) is 0.577. The van der Waals surface area contributed by atoms with E-state index in [0.717, 1.165) is 4.57 Å². The molecule has 0 spiro atoms. The zero-order valence-electron chi connectivity index (χ0n) is 14.5. The summed E-state index contributed by atoms with van der Waals surface area (Å²) in [5, 5.41) is 0.554. The number of halogens is 1. The molecule has 0 saturated heterocycles. The van der Waals surface area contributed by atoms with Crippen molar-refractivity contribution in [3.63, 3.8) is 0 Å². The lowest BCUT2D eigenvalue weighted by molar-refractivity contribution is 0.0949.